The summed E-state index contributed by atoms with van der Waals surface area (Å²) in [4.78, 5) is 17.8. The van der Waals surface area contributed by atoms with Crippen molar-refractivity contribution >= 4 is 16.7 Å². The first kappa shape index (κ1) is 27.4. The third-order valence-electron chi connectivity index (χ3n) is 6.14. The molecule has 1 fully saturated rings. The van der Waals surface area contributed by atoms with Gasteiger partial charge in [-0.2, -0.15) is 0 Å². The number of methoxy groups -OCH3 is 1. The van der Waals surface area contributed by atoms with Crippen molar-refractivity contribution in [3.05, 3.63) is 59.0 Å². The standard InChI is InChI=1S/C26H33NO9/c1-8-12-26(5)23(31-6)19(28)20(29)25(36-26)34-17-11-10-16-21(14(17)3)35-24(30)18(15(4)27-32-7)22(16)33-13-9-2/h8-11,19-20,23,25,28-29H,1-2,12-13H2,3-7H3/t19?,20?,23?,25?,26-/m0/s1. The Labute approximate surface area is 209 Å². The Bertz CT molecular complexity index is 1200. The molecule has 0 spiro atoms. The van der Waals surface area contributed by atoms with Crippen molar-refractivity contribution in [3.63, 3.8) is 0 Å². The molecule has 10 heteroatoms. The molecule has 0 amide bonds. The van der Waals surface area contributed by atoms with Crippen LogP contribution < -0.4 is 15.1 Å². The van der Waals surface area contributed by atoms with Gasteiger partial charge in [-0.1, -0.05) is 23.9 Å². The zero-order valence-electron chi connectivity index (χ0n) is 21.1. The Balaban J connectivity index is 2.08. The van der Waals surface area contributed by atoms with Crippen LogP contribution in [0.25, 0.3) is 11.0 Å². The summed E-state index contributed by atoms with van der Waals surface area (Å²) >= 11 is 0. The van der Waals surface area contributed by atoms with Gasteiger partial charge in [0.15, 0.2) is 0 Å². The van der Waals surface area contributed by atoms with Gasteiger partial charge in [0.2, 0.25) is 6.29 Å². The van der Waals surface area contributed by atoms with Crippen molar-refractivity contribution in [3.8, 4) is 11.5 Å². The van der Waals surface area contributed by atoms with Crippen molar-refractivity contribution in [2.24, 2.45) is 5.16 Å². The molecule has 2 N–H and O–H groups in total. The van der Waals surface area contributed by atoms with Crippen LogP contribution in [0.4, 0.5) is 0 Å². The number of nitrogens with zero attached hydrogens (tertiary/aromatic N) is 1. The Morgan fingerprint density at radius 2 is 1.94 bits per heavy atom. The topological polar surface area (TPSA) is 129 Å². The summed E-state index contributed by atoms with van der Waals surface area (Å²) in [6.07, 6.45) is -1.18. The minimum Gasteiger partial charge on any atom is -0.488 e. The highest BCUT2D eigenvalue weighted by molar-refractivity contribution is 6.05. The lowest BCUT2D eigenvalue weighted by Gasteiger charge is -2.48. The van der Waals surface area contributed by atoms with Crippen molar-refractivity contribution < 1.29 is 38.4 Å². The van der Waals surface area contributed by atoms with E-state index in [4.69, 9.17) is 28.2 Å². The molecule has 1 aliphatic rings. The van der Waals surface area contributed by atoms with Gasteiger partial charge >= 0.3 is 5.63 Å². The lowest BCUT2D eigenvalue weighted by atomic mass is 9.85. The second kappa shape index (κ2) is 11.3. The van der Waals surface area contributed by atoms with E-state index in [9.17, 15) is 15.0 Å². The summed E-state index contributed by atoms with van der Waals surface area (Å²) in [5, 5.41) is 25.7. The largest absolute Gasteiger partial charge is 0.488 e. The van der Waals surface area contributed by atoms with Gasteiger partial charge in [0.05, 0.1) is 11.1 Å². The van der Waals surface area contributed by atoms with Gasteiger partial charge in [0.1, 0.15) is 60.3 Å². The number of benzene rings is 1. The van der Waals surface area contributed by atoms with Crippen LogP contribution >= 0.6 is 0 Å². The Hall–Kier alpha value is -3.18. The maximum absolute atomic E-state index is 12.9. The number of aryl methyl sites for hydroxylation is 1. The molecule has 0 bridgehead atoms. The van der Waals surface area contributed by atoms with Gasteiger partial charge in [-0.3, -0.25) is 0 Å². The molecule has 196 valence electrons. The van der Waals surface area contributed by atoms with Crippen LogP contribution in [0, 0.1) is 6.92 Å². The molecule has 2 aromatic rings. The Kier molecular flexibility index (Phi) is 8.57. The first-order valence-corrected chi connectivity index (χ1v) is 11.4. The van der Waals surface area contributed by atoms with Crippen LogP contribution in [-0.2, 0) is 14.3 Å². The summed E-state index contributed by atoms with van der Waals surface area (Å²) in [6, 6.07) is 3.30. The molecule has 1 aromatic heterocycles. The predicted molar refractivity (Wildman–Crippen MR) is 134 cm³/mol. The van der Waals surface area contributed by atoms with E-state index in [0.717, 1.165) is 0 Å². The quantitative estimate of drug-likeness (QED) is 0.218. The second-order valence-electron chi connectivity index (χ2n) is 8.67. The molecule has 1 aliphatic heterocycles. The molecular formula is C26H33NO9. The highest BCUT2D eigenvalue weighted by atomic mass is 16.7. The zero-order chi connectivity index (χ0) is 26.6. The predicted octanol–water partition coefficient (Wildman–Crippen LogP) is 2.84. The van der Waals surface area contributed by atoms with Gasteiger partial charge < -0.3 is 38.4 Å². The molecule has 3 rings (SSSR count). The average molecular weight is 504 g/mol. The number of hydrogen-bond acceptors (Lipinski definition) is 10. The second-order valence-corrected chi connectivity index (χ2v) is 8.67. The van der Waals surface area contributed by atoms with Crippen LogP contribution in [0.5, 0.6) is 11.5 Å². The molecule has 5 atom stereocenters. The lowest BCUT2D eigenvalue weighted by molar-refractivity contribution is -0.310. The fourth-order valence-corrected chi connectivity index (χ4v) is 4.43. The molecule has 36 heavy (non-hydrogen) atoms. The third-order valence-corrected chi connectivity index (χ3v) is 6.14. The van der Waals surface area contributed by atoms with Crippen LogP contribution in [-0.4, -0.2) is 67.0 Å². The number of hydrogen-bond donors (Lipinski definition) is 2. The summed E-state index contributed by atoms with van der Waals surface area (Å²) in [7, 11) is 2.80. The van der Waals surface area contributed by atoms with E-state index in [1.807, 2.05) is 0 Å². The molecule has 0 saturated carbocycles. The molecule has 4 unspecified atom stereocenters. The van der Waals surface area contributed by atoms with E-state index in [2.05, 4.69) is 18.3 Å². The van der Waals surface area contributed by atoms with Gasteiger partial charge in [-0.05, 0) is 39.3 Å². The molecule has 0 radical (unpaired) electrons. The normalized spacial score (nSPS) is 26.5. The van der Waals surface area contributed by atoms with Crippen molar-refractivity contribution in [2.75, 3.05) is 20.8 Å². The maximum Gasteiger partial charge on any atom is 0.349 e. The molecular weight excluding hydrogens is 470 g/mol. The molecule has 2 heterocycles. The van der Waals surface area contributed by atoms with E-state index in [0.29, 0.717) is 17.4 Å². The lowest BCUT2D eigenvalue weighted by Crippen LogP contribution is -2.64. The van der Waals surface area contributed by atoms with E-state index in [1.165, 1.54) is 14.2 Å². The SMILES string of the molecule is C=CCOc1c(C(C)=NOC)c(=O)oc2c(C)c(OC3O[C@@](C)(CC=C)C(OC)C(O)C3O)ccc12. The summed E-state index contributed by atoms with van der Waals surface area (Å²) in [6.45, 7) is 12.6. The molecule has 10 nitrogen and oxygen atoms in total. The first-order valence-electron chi connectivity index (χ1n) is 11.4. The van der Waals surface area contributed by atoms with E-state index >= 15 is 0 Å². The highest BCUT2D eigenvalue weighted by Gasteiger charge is 2.52. The number of oxime groups is 1. The monoisotopic (exact) mass is 503 g/mol. The minimum absolute atomic E-state index is 0.124. The van der Waals surface area contributed by atoms with Crippen LogP contribution in [0.3, 0.4) is 0 Å². The molecule has 1 saturated heterocycles. The smallest absolute Gasteiger partial charge is 0.349 e. The van der Waals surface area contributed by atoms with E-state index in [1.54, 1.807) is 45.1 Å². The Morgan fingerprint density at radius 1 is 1.22 bits per heavy atom. The van der Waals surface area contributed by atoms with Crippen LogP contribution in [0.15, 0.2) is 51.8 Å². The number of ether oxygens (including phenoxy) is 4. The zero-order valence-corrected chi connectivity index (χ0v) is 21.1. The van der Waals surface area contributed by atoms with Crippen molar-refractivity contribution in [1.82, 2.24) is 0 Å². The van der Waals surface area contributed by atoms with E-state index < -0.39 is 35.8 Å². The average Bonchev–Trinajstić information content (AvgIpc) is 2.83. The number of aliphatic hydroxyl groups is 2. The van der Waals surface area contributed by atoms with Gasteiger partial charge in [0, 0.05) is 12.7 Å². The summed E-state index contributed by atoms with van der Waals surface area (Å²) in [5.74, 6) is 0.545. The summed E-state index contributed by atoms with van der Waals surface area (Å²) in [5.41, 5.74) is -0.585. The third kappa shape index (κ3) is 5.03. The molecule has 1 aromatic carbocycles. The minimum atomic E-state index is -1.41. The number of rotatable bonds is 10. The highest BCUT2D eigenvalue weighted by Crippen LogP contribution is 2.38. The fraction of sp³-hybridized carbons (Fsp3) is 0.462. The van der Waals surface area contributed by atoms with Gasteiger partial charge in [-0.15, -0.1) is 6.58 Å². The maximum atomic E-state index is 12.9. The number of fused-ring (bicyclic) bond motifs is 1. The van der Waals surface area contributed by atoms with E-state index in [-0.39, 0.29) is 35.0 Å². The number of aliphatic hydroxyl groups excluding tert-OH is 2. The fourth-order valence-electron chi connectivity index (χ4n) is 4.43. The first-order chi connectivity index (χ1) is 17.1. The van der Waals surface area contributed by atoms with Crippen molar-refractivity contribution in [1.29, 1.82) is 0 Å². The van der Waals surface area contributed by atoms with Crippen LogP contribution in [0.2, 0.25) is 0 Å². The van der Waals surface area contributed by atoms with Gasteiger partial charge in [0.25, 0.3) is 0 Å². The Morgan fingerprint density at radius 3 is 2.56 bits per heavy atom. The summed E-state index contributed by atoms with van der Waals surface area (Å²) < 4.78 is 28.9. The molecule has 0 aliphatic carbocycles. The van der Waals surface area contributed by atoms with Crippen molar-refractivity contribution in [2.45, 2.75) is 57.4 Å². The van der Waals surface area contributed by atoms with Gasteiger partial charge in [-0.25, -0.2) is 4.79 Å². The van der Waals surface area contributed by atoms with Crippen LogP contribution in [0.1, 0.15) is 31.4 Å².